The highest BCUT2D eigenvalue weighted by Crippen LogP contribution is 2.02. The molecule has 0 aliphatic heterocycles. The van der Waals surface area contributed by atoms with E-state index in [1.807, 2.05) is 24.5 Å². The molecule has 4 heteroatoms. The van der Waals surface area contributed by atoms with E-state index in [0.717, 1.165) is 10.9 Å². The molecule has 0 radical (unpaired) electrons. The first-order chi connectivity index (χ1) is 4.83. The van der Waals surface area contributed by atoms with Gasteiger partial charge < -0.3 is 12.4 Å². The first-order valence-corrected chi connectivity index (χ1v) is 4.73. The standard InChI is InChI=1S/C7H9ClNS.ClH/c1-10-6-9-4-2-7(8)3-5-9;/h2-5H,6H2,1H3;1H/q+1;/p-1. The second-order valence-corrected chi connectivity index (χ2v) is 3.22. The van der Waals surface area contributed by atoms with Gasteiger partial charge in [-0.25, -0.2) is 0 Å². The summed E-state index contributed by atoms with van der Waals surface area (Å²) in [7, 11) is 0. The predicted octanol–water partition coefficient (Wildman–Crippen LogP) is -1.05. The average Bonchev–Trinajstić information content (AvgIpc) is 1.95. The summed E-state index contributed by atoms with van der Waals surface area (Å²) in [6.45, 7) is 0. The molecule has 0 saturated heterocycles. The number of rotatable bonds is 2. The number of thioether (sulfide) groups is 1. The quantitative estimate of drug-likeness (QED) is 0.563. The maximum Gasteiger partial charge on any atom is 0.194 e. The van der Waals surface area contributed by atoms with Crippen LogP contribution in [0.1, 0.15) is 0 Å². The minimum atomic E-state index is 0. The van der Waals surface area contributed by atoms with Gasteiger partial charge in [-0.2, -0.15) is 4.57 Å². The molecule has 1 heterocycles. The molecule has 0 fully saturated rings. The molecule has 0 N–H and O–H groups in total. The van der Waals surface area contributed by atoms with Crippen molar-refractivity contribution in [2.24, 2.45) is 0 Å². The Morgan fingerprint density at radius 1 is 1.45 bits per heavy atom. The zero-order chi connectivity index (χ0) is 7.40. The topological polar surface area (TPSA) is 3.88 Å². The summed E-state index contributed by atoms with van der Waals surface area (Å²) in [6, 6.07) is 3.77. The van der Waals surface area contributed by atoms with E-state index in [-0.39, 0.29) is 12.4 Å². The van der Waals surface area contributed by atoms with Gasteiger partial charge in [0.2, 0.25) is 0 Å². The largest absolute Gasteiger partial charge is 1.00 e. The maximum atomic E-state index is 5.69. The van der Waals surface area contributed by atoms with Crippen LogP contribution >= 0.6 is 23.4 Å². The van der Waals surface area contributed by atoms with Crippen LogP contribution in [0.15, 0.2) is 24.5 Å². The average molecular weight is 210 g/mol. The fourth-order valence-corrected chi connectivity index (χ4v) is 1.26. The van der Waals surface area contributed by atoms with Gasteiger partial charge in [0.15, 0.2) is 18.3 Å². The lowest BCUT2D eigenvalue weighted by Crippen LogP contribution is -3.00. The number of halogens is 2. The monoisotopic (exact) mass is 209 g/mol. The van der Waals surface area contributed by atoms with Crippen LogP contribution in [0.25, 0.3) is 0 Å². The highest BCUT2D eigenvalue weighted by molar-refractivity contribution is 7.97. The molecule has 0 bridgehead atoms. The van der Waals surface area contributed by atoms with Gasteiger partial charge in [-0.1, -0.05) is 23.4 Å². The number of hydrogen-bond acceptors (Lipinski definition) is 1. The van der Waals surface area contributed by atoms with Crippen molar-refractivity contribution in [1.82, 2.24) is 0 Å². The zero-order valence-electron chi connectivity index (χ0n) is 6.13. The van der Waals surface area contributed by atoms with E-state index in [4.69, 9.17) is 11.6 Å². The zero-order valence-corrected chi connectivity index (χ0v) is 8.46. The van der Waals surface area contributed by atoms with Crippen LogP contribution in [-0.4, -0.2) is 6.26 Å². The second kappa shape index (κ2) is 5.70. The van der Waals surface area contributed by atoms with Crippen LogP contribution in [0.4, 0.5) is 0 Å². The summed E-state index contributed by atoms with van der Waals surface area (Å²) in [4.78, 5) is 0. The van der Waals surface area contributed by atoms with Gasteiger partial charge in [-0.3, -0.25) is 0 Å². The molecule has 0 amide bonds. The highest BCUT2D eigenvalue weighted by atomic mass is 35.5. The molecule has 1 aromatic heterocycles. The summed E-state index contributed by atoms with van der Waals surface area (Å²) in [5.41, 5.74) is 0. The number of pyridine rings is 1. The Morgan fingerprint density at radius 2 is 2.00 bits per heavy atom. The van der Waals surface area contributed by atoms with E-state index in [2.05, 4.69) is 10.8 Å². The van der Waals surface area contributed by atoms with Crippen LogP contribution in [-0.2, 0) is 5.88 Å². The first kappa shape index (κ1) is 11.1. The molecule has 0 aliphatic rings. The van der Waals surface area contributed by atoms with Gasteiger partial charge in [-0.05, 0) is 6.26 Å². The molecule has 0 atom stereocenters. The van der Waals surface area contributed by atoms with Crippen LogP contribution in [0.3, 0.4) is 0 Å². The van der Waals surface area contributed by atoms with Crippen molar-refractivity contribution in [2.45, 2.75) is 5.88 Å². The predicted molar refractivity (Wildman–Crippen MR) is 45.2 cm³/mol. The maximum absolute atomic E-state index is 5.69. The van der Waals surface area contributed by atoms with E-state index >= 15 is 0 Å². The minimum Gasteiger partial charge on any atom is -1.00 e. The molecule has 1 aromatic rings. The lowest BCUT2D eigenvalue weighted by Gasteiger charge is -1.91. The Balaban J connectivity index is 0.000001000. The normalized spacial score (nSPS) is 8.91. The summed E-state index contributed by atoms with van der Waals surface area (Å²) >= 11 is 7.47. The SMILES string of the molecule is CSC[n+]1ccc(Cl)cc1.[Cl-]. The van der Waals surface area contributed by atoms with Crippen LogP contribution in [0.2, 0.25) is 5.02 Å². The Morgan fingerprint density at radius 3 is 2.45 bits per heavy atom. The first-order valence-electron chi connectivity index (χ1n) is 2.96. The molecule has 1 rings (SSSR count). The Hall–Kier alpha value is 0.0800. The van der Waals surface area contributed by atoms with Crippen molar-refractivity contribution in [1.29, 1.82) is 0 Å². The molecule has 0 saturated carbocycles. The van der Waals surface area contributed by atoms with Gasteiger partial charge >= 0.3 is 0 Å². The third-order valence-corrected chi connectivity index (χ3v) is 1.94. The fraction of sp³-hybridized carbons (Fsp3) is 0.286. The fourth-order valence-electron chi connectivity index (χ4n) is 0.674. The van der Waals surface area contributed by atoms with Crippen molar-refractivity contribution < 1.29 is 17.0 Å². The van der Waals surface area contributed by atoms with Crippen molar-refractivity contribution >= 4 is 23.4 Å². The Labute approximate surface area is 82.2 Å². The van der Waals surface area contributed by atoms with E-state index in [1.54, 1.807) is 11.8 Å². The van der Waals surface area contributed by atoms with Crippen molar-refractivity contribution in [3.63, 3.8) is 0 Å². The smallest absolute Gasteiger partial charge is 0.194 e. The van der Waals surface area contributed by atoms with Gasteiger partial charge in [-0.15, -0.1) is 0 Å². The third kappa shape index (κ3) is 3.85. The van der Waals surface area contributed by atoms with E-state index in [9.17, 15) is 0 Å². The summed E-state index contributed by atoms with van der Waals surface area (Å²) < 4.78 is 2.08. The van der Waals surface area contributed by atoms with Crippen molar-refractivity contribution in [2.75, 3.05) is 6.26 Å². The van der Waals surface area contributed by atoms with Gasteiger partial charge in [0.25, 0.3) is 0 Å². The van der Waals surface area contributed by atoms with Gasteiger partial charge in [0.1, 0.15) is 0 Å². The molecule has 0 unspecified atom stereocenters. The minimum absolute atomic E-state index is 0. The van der Waals surface area contributed by atoms with Crippen LogP contribution in [0.5, 0.6) is 0 Å². The molecule has 0 spiro atoms. The van der Waals surface area contributed by atoms with E-state index in [1.165, 1.54) is 0 Å². The molecular formula is C7H9Cl2NS. The van der Waals surface area contributed by atoms with Crippen LogP contribution < -0.4 is 17.0 Å². The number of nitrogens with zero attached hydrogens (tertiary/aromatic N) is 1. The lowest BCUT2D eigenvalue weighted by molar-refractivity contribution is -0.675. The van der Waals surface area contributed by atoms with Gasteiger partial charge in [0.05, 0.1) is 5.02 Å². The summed E-state index contributed by atoms with van der Waals surface area (Å²) in [6.07, 6.45) is 6.01. The molecule has 1 nitrogen and oxygen atoms in total. The molecular weight excluding hydrogens is 201 g/mol. The van der Waals surface area contributed by atoms with E-state index < -0.39 is 0 Å². The van der Waals surface area contributed by atoms with Crippen LogP contribution in [0, 0.1) is 0 Å². The summed E-state index contributed by atoms with van der Waals surface area (Å²) in [5.74, 6) is 0.983. The number of hydrogen-bond donors (Lipinski definition) is 0. The Bertz CT molecular complexity index is 200. The third-order valence-electron chi connectivity index (χ3n) is 1.13. The van der Waals surface area contributed by atoms with Gasteiger partial charge in [0, 0.05) is 12.1 Å². The highest BCUT2D eigenvalue weighted by Gasteiger charge is 1.95. The molecule has 0 aromatic carbocycles. The molecule has 0 aliphatic carbocycles. The van der Waals surface area contributed by atoms with E-state index in [0.29, 0.717) is 0 Å². The molecule has 11 heavy (non-hydrogen) atoms. The molecule has 62 valence electrons. The number of aromatic nitrogens is 1. The van der Waals surface area contributed by atoms with Crippen molar-refractivity contribution in [3.05, 3.63) is 29.5 Å². The lowest BCUT2D eigenvalue weighted by atomic mass is 10.5. The summed E-state index contributed by atoms with van der Waals surface area (Å²) in [5, 5.41) is 0.789. The Kier molecular flexibility index (Phi) is 5.74. The van der Waals surface area contributed by atoms with Crippen molar-refractivity contribution in [3.8, 4) is 0 Å². The second-order valence-electron chi connectivity index (χ2n) is 1.95.